The van der Waals surface area contributed by atoms with Gasteiger partial charge in [0.15, 0.2) is 0 Å². The summed E-state index contributed by atoms with van der Waals surface area (Å²) in [7, 11) is 0. The van der Waals surface area contributed by atoms with Gasteiger partial charge in [-0.2, -0.15) is 5.26 Å². The smallest absolute Gasteiger partial charge is 0.247 e. The van der Waals surface area contributed by atoms with Gasteiger partial charge in [0.05, 0.1) is 17.7 Å². The number of benzene rings is 2. The van der Waals surface area contributed by atoms with Crippen LogP contribution >= 0.6 is 0 Å². The van der Waals surface area contributed by atoms with Crippen molar-refractivity contribution in [2.24, 2.45) is 0 Å². The minimum atomic E-state index is 0.00379. The van der Waals surface area contributed by atoms with Gasteiger partial charge in [-0.1, -0.05) is 48.5 Å². The Hall–Kier alpha value is -2.86. The highest BCUT2D eigenvalue weighted by atomic mass is 16.2. The van der Waals surface area contributed by atoms with E-state index in [1.807, 2.05) is 41.3 Å². The summed E-state index contributed by atoms with van der Waals surface area (Å²) in [4.78, 5) is 14.5. The first kappa shape index (κ1) is 15.1. The molecule has 2 aromatic rings. The van der Waals surface area contributed by atoms with Crippen LogP contribution < -0.4 is 0 Å². The number of carbonyl (C=O) groups excluding carboxylic acids is 1. The molecule has 3 heteroatoms. The Labute approximate surface area is 136 Å². The average Bonchev–Trinajstić information content (AvgIpc) is 3.10. The summed E-state index contributed by atoms with van der Waals surface area (Å²) in [5.41, 5.74) is 2.54. The van der Waals surface area contributed by atoms with E-state index in [2.05, 4.69) is 18.2 Å². The molecule has 1 amide bonds. The third-order valence-corrected chi connectivity index (χ3v) is 4.21. The maximum Gasteiger partial charge on any atom is 0.247 e. The van der Waals surface area contributed by atoms with Gasteiger partial charge in [-0.3, -0.25) is 4.79 Å². The van der Waals surface area contributed by atoms with Crippen LogP contribution in [0.5, 0.6) is 0 Å². The molecule has 0 aromatic heterocycles. The second kappa shape index (κ2) is 6.93. The van der Waals surface area contributed by atoms with Crippen LogP contribution in [0.1, 0.15) is 35.6 Å². The van der Waals surface area contributed by atoms with Crippen LogP contribution in [0.25, 0.3) is 6.08 Å². The van der Waals surface area contributed by atoms with Crippen LogP contribution in [-0.2, 0) is 4.79 Å². The summed E-state index contributed by atoms with van der Waals surface area (Å²) in [6.45, 7) is 0.780. The highest BCUT2D eigenvalue weighted by Gasteiger charge is 2.28. The zero-order valence-electron chi connectivity index (χ0n) is 12.9. The molecule has 0 bridgehead atoms. The Morgan fingerprint density at radius 2 is 1.87 bits per heavy atom. The fraction of sp³-hybridized carbons (Fsp3) is 0.200. The number of amides is 1. The van der Waals surface area contributed by atoms with Crippen LogP contribution in [0, 0.1) is 11.3 Å². The Balaban J connectivity index is 1.78. The molecule has 0 aliphatic carbocycles. The molecule has 2 aromatic carbocycles. The first-order chi connectivity index (χ1) is 11.3. The maximum atomic E-state index is 12.6. The van der Waals surface area contributed by atoms with Crippen molar-refractivity contribution in [2.75, 3.05) is 6.54 Å². The first-order valence-electron chi connectivity index (χ1n) is 7.82. The molecule has 114 valence electrons. The van der Waals surface area contributed by atoms with E-state index >= 15 is 0 Å². The summed E-state index contributed by atoms with van der Waals surface area (Å²) >= 11 is 0. The molecule has 23 heavy (non-hydrogen) atoms. The Kier molecular flexibility index (Phi) is 4.54. The lowest BCUT2D eigenvalue weighted by atomic mass is 10.0. The highest BCUT2D eigenvalue weighted by Crippen LogP contribution is 2.31. The van der Waals surface area contributed by atoms with Crippen molar-refractivity contribution in [2.45, 2.75) is 18.9 Å². The molecule has 1 saturated heterocycles. The first-order valence-corrected chi connectivity index (χ1v) is 7.82. The van der Waals surface area contributed by atoms with Gasteiger partial charge < -0.3 is 4.90 Å². The molecule has 0 saturated carbocycles. The Morgan fingerprint density at radius 3 is 2.65 bits per heavy atom. The maximum absolute atomic E-state index is 12.6. The van der Waals surface area contributed by atoms with Crippen LogP contribution in [0.3, 0.4) is 0 Å². The molecule has 1 unspecified atom stereocenters. The number of nitriles is 1. The van der Waals surface area contributed by atoms with Crippen LogP contribution in [0.15, 0.2) is 60.7 Å². The Bertz CT molecular complexity index is 759. The molecule has 1 atom stereocenters. The number of carbonyl (C=O) groups is 1. The van der Waals surface area contributed by atoms with Gasteiger partial charge in [-0.25, -0.2) is 0 Å². The van der Waals surface area contributed by atoms with E-state index in [1.165, 1.54) is 5.56 Å². The predicted octanol–water partition coefficient (Wildman–Crippen LogP) is 3.94. The van der Waals surface area contributed by atoms with E-state index in [4.69, 9.17) is 5.26 Å². The molecular weight excluding hydrogens is 284 g/mol. The van der Waals surface area contributed by atoms with Crippen molar-refractivity contribution >= 4 is 12.0 Å². The summed E-state index contributed by atoms with van der Waals surface area (Å²) in [6.07, 6.45) is 5.34. The molecule has 1 heterocycles. The van der Waals surface area contributed by atoms with E-state index in [-0.39, 0.29) is 11.9 Å². The molecule has 3 nitrogen and oxygen atoms in total. The SMILES string of the molecule is N#Cc1ccccc1C=CC(=O)N1CCCC1c1ccccc1. The van der Waals surface area contributed by atoms with Crippen LogP contribution in [0.4, 0.5) is 0 Å². The van der Waals surface area contributed by atoms with Gasteiger partial charge in [0.2, 0.25) is 5.91 Å². The third kappa shape index (κ3) is 3.32. The fourth-order valence-corrected chi connectivity index (χ4v) is 3.05. The monoisotopic (exact) mass is 302 g/mol. The average molecular weight is 302 g/mol. The van der Waals surface area contributed by atoms with Crippen molar-refractivity contribution in [1.29, 1.82) is 5.26 Å². The number of likely N-dealkylation sites (tertiary alicyclic amines) is 1. The molecular formula is C20H18N2O. The minimum Gasteiger partial charge on any atom is -0.332 e. The lowest BCUT2D eigenvalue weighted by Gasteiger charge is -2.23. The highest BCUT2D eigenvalue weighted by molar-refractivity contribution is 5.92. The van der Waals surface area contributed by atoms with E-state index in [1.54, 1.807) is 18.2 Å². The van der Waals surface area contributed by atoms with E-state index < -0.39 is 0 Å². The van der Waals surface area contributed by atoms with Gasteiger partial charge in [0.25, 0.3) is 0 Å². The van der Waals surface area contributed by atoms with E-state index in [9.17, 15) is 4.79 Å². The van der Waals surface area contributed by atoms with Gasteiger partial charge in [-0.05, 0) is 36.1 Å². The molecule has 3 rings (SSSR count). The van der Waals surface area contributed by atoms with E-state index in [0.29, 0.717) is 5.56 Å². The summed E-state index contributed by atoms with van der Waals surface area (Å²) < 4.78 is 0. The van der Waals surface area contributed by atoms with Crippen molar-refractivity contribution < 1.29 is 4.79 Å². The number of rotatable bonds is 3. The molecule has 1 aliphatic heterocycles. The van der Waals surface area contributed by atoms with Gasteiger partial charge in [0.1, 0.15) is 0 Å². The standard InChI is InChI=1S/C20H18N2O/c21-15-18-10-5-4-7-16(18)12-13-20(23)22-14-6-11-19(22)17-8-2-1-3-9-17/h1-5,7-10,12-13,19H,6,11,14H2. The van der Waals surface area contributed by atoms with Gasteiger partial charge in [-0.15, -0.1) is 0 Å². The molecule has 0 radical (unpaired) electrons. The quantitative estimate of drug-likeness (QED) is 0.806. The molecule has 1 fully saturated rings. The van der Waals surface area contributed by atoms with Crippen molar-refractivity contribution in [3.63, 3.8) is 0 Å². The lowest BCUT2D eigenvalue weighted by Crippen LogP contribution is -2.28. The van der Waals surface area contributed by atoms with Crippen molar-refractivity contribution in [3.05, 3.63) is 77.4 Å². The van der Waals surface area contributed by atoms with Crippen LogP contribution in [-0.4, -0.2) is 17.4 Å². The Morgan fingerprint density at radius 1 is 1.13 bits per heavy atom. The number of hydrogen-bond acceptors (Lipinski definition) is 2. The molecule has 0 N–H and O–H groups in total. The predicted molar refractivity (Wildman–Crippen MR) is 90.3 cm³/mol. The lowest BCUT2D eigenvalue weighted by molar-refractivity contribution is -0.126. The molecule has 0 spiro atoms. The zero-order valence-corrected chi connectivity index (χ0v) is 12.9. The summed E-state index contributed by atoms with van der Waals surface area (Å²) in [5, 5.41) is 9.11. The number of hydrogen-bond donors (Lipinski definition) is 0. The number of nitrogens with zero attached hydrogens (tertiary/aromatic N) is 2. The second-order valence-electron chi connectivity index (χ2n) is 5.63. The van der Waals surface area contributed by atoms with Crippen molar-refractivity contribution in [1.82, 2.24) is 4.90 Å². The third-order valence-electron chi connectivity index (χ3n) is 4.21. The van der Waals surface area contributed by atoms with Crippen LogP contribution in [0.2, 0.25) is 0 Å². The summed E-state index contributed by atoms with van der Waals surface area (Å²) in [5.74, 6) is 0.00379. The van der Waals surface area contributed by atoms with E-state index in [0.717, 1.165) is 24.9 Å². The molecule has 1 aliphatic rings. The normalized spacial score (nSPS) is 17.3. The largest absolute Gasteiger partial charge is 0.332 e. The zero-order chi connectivity index (χ0) is 16.1. The topological polar surface area (TPSA) is 44.1 Å². The second-order valence-corrected chi connectivity index (χ2v) is 5.63. The summed E-state index contributed by atoms with van der Waals surface area (Å²) in [6, 6.07) is 19.8. The van der Waals surface area contributed by atoms with Gasteiger partial charge in [0, 0.05) is 12.6 Å². The fourth-order valence-electron chi connectivity index (χ4n) is 3.05. The van der Waals surface area contributed by atoms with Gasteiger partial charge >= 0.3 is 0 Å². The minimum absolute atomic E-state index is 0.00379. The van der Waals surface area contributed by atoms with Crippen molar-refractivity contribution in [3.8, 4) is 6.07 Å².